The number of carboxylic acids is 1. The van der Waals surface area contributed by atoms with E-state index in [0.29, 0.717) is 11.8 Å². The Balaban J connectivity index is 0.000000321. The van der Waals surface area contributed by atoms with Crippen molar-refractivity contribution in [3.05, 3.63) is 30.1 Å². The molecule has 2 aliphatic rings. The molecule has 27 heavy (non-hydrogen) atoms. The fraction of sp³-hybridized carbons (Fsp3) is 0.588. The molecule has 2 fully saturated rings. The van der Waals surface area contributed by atoms with Gasteiger partial charge in [0.25, 0.3) is 0 Å². The summed E-state index contributed by atoms with van der Waals surface area (Å²) in [6.07, 6.45) is -1.33. The zero-order valence-corrected chi connectivity index (χ0v) is 15.2. The molecule has 2 aliphatic heterocycles. The van der Waals surface area contributed by atoms with E-state index >= 15 is 0 Å². The molecule has 2 amide bonds. The maximum absolute atomic E-state index is 12.0. The van der Waals surface area contributed by atoms with E-state index in [9.17, 15) is 18.0 Å². The molecule has 0 aliphatic carbocycles. The van der Waals surface area contributed by atoms with Crippen LogP contribution in [0.5, 0.6) is 0 Å². The lowest BCUT2D eigenvalue weighted by molar-refractivity contribution is -0.192. The van der Waals surface area contributed by atoms with Crippen LogP contribution in [-0.2, 0) is 11.3 Å². The predicted molar refractivity (Wildman–Crippen MR) is 90.8 cm³/mol. The van der Waals surface area contributed by atoms with E-state index in [2.05, 4.69) is 16.0 Å². The van der Waals surface area contributed by atoms with Crippen LogP contribution >= 0.6 is 0 Å². The number of halogens is 3. The fourth-order valence-electron chi connectivity index (χ4n) is 3.41. The number of hydrogen-bond acceptors (Lipinski definition) is 4. The second kappa shape index (κ2) is 8.55. The molecule has 3 rings (SSSR count). The second-order valence-corrected chi connectivity index (χ2v) is 6.96. The maximum atomic E-state index is 12.0. The van der Waals surface area contributed by atoms with Gasteiger partial charge in [-0.05, 0) is 23.5 Å². The van der Waals surface area contributed by atoms with Crippen molar-refractivity contribution in [3.63, 3.8) is 0 Å². The highest BCUT2D eigenvalue weighted by Crippen LogP contribution is 2.32. The number of aliphatic carboxylic acids is 1. The number of hydrogen-bond donors (Lipinski definition) is 1. The highest BCUT2D eigenvalue weighted by Gasteiger charge is 2.41. The number of urea groups is 1. The largest absolute Gasteiger partial charge is 0.490 e. The third kappa shape index (κ3) is 5.81. The normalized spacial score (nSPS) is 22.0. The van der Waals surface area contributed by atoms with Crippen molar-refractivity contribution < 1.29 is 27.9 Å². The number of likely N-dealkylation sites (tertiary alicyclic amines) is 2. The first-order valence-electron chi connectivity index (χ1n) is 8.45. The van der Waals surface area contributed by atoms with Gasteiger partial charge in [0.1, 0.15) is 0 Å². The topological polar surface area (TPSA) is 77.0 Å². The minimum absolute atomic E-state index is 0.151. The van der Waals surface area contributed by atoms with E-state index in [1.807, 2.05) is 37.5 Å². The number of aromatic nitrogens is 1. The number of amides is 2. The molecular weight excluding hydrogens is 365 g/mol. The molecule has 0 spiro atoms. The van der Waals surface area contributed by atoms with E-state index in [0.717, 1.165) is 32.7 Å². The number of carbonyl (C=O) groups is 2. The van der Waals surface area contributed by atoms with Crippen molar-refractivity contribution in [1.82, 2.24) is 19.7 Å². The minimum atomic E-state index is -5.08. The number of carbonyl (C=O) groups excluding carboxylic acids is 1. The third-order valence-electron chi connectivity index (χ3n) is 4.59. The highest BCUT2D eigenvalue weighted by molar-refractivity contribution is 5.74. The summed E-state index contributed by atoms with van der Waals surface area (Å²) >= 11 is 0. The van der Waals surface area contributed by atoms with Gasteiger partial charge in [0.15, 0.2) is 0 Å². The summed E-state index contributed by atoms with van der Waals surface area (Å²) in [6.45, 7) is 4.98. The molecule has 1 aromatic heterocycles. The second-order valence-electron chi connectivity index (χ2n) is 6.96. The van der Waals surface area contributed by atoms with Gasteiger partial charge in [0.05, 0.1) is 0 Å². The van der Waals surface area contributed by atoms with E-state index < -0.39 is 12.1 Å². The molecule has 0 bridgehead atoms. The Labute approximate surface area is 155 Å². The zero-order valence-electron chi connectivity index (χ0n) is 15.2. The Bertz CT molecular complexity index is 641. The number of rotatable bonds is 2. The van der Waals surface area contributed by atoms with Crippen molar-refractivity contribution in [3.8, 4) is 0 Å². The molecule has 1 N–H and O–H groups in total. The Morgan fingerprint density at radius 2 is 1.78 bits per heavy atom. The van der Waals surface area contributed by atoms with Crippen molar-refractivity contribution in [2.75, 3.05) is 40.3 Å². The van der Waals surface area contributed by atoms with Crippen molar-refractivity contribution >= 4 is 12.0 Å². The molecule has 3 heterocycles. The van der Waals surface area contributed by atoms with Crippen LogP contribution in [0.2, 0.25) is 0 Å². The molecule has 10 heteroatoms. The van der Waals surface area contributed by atoms with Gasteiger partial charge in [0, 0.05) is 59.2 Å². The highest BCUT2D eigenvalue weighted by atomic mass is 19.4. The predicted octanol–water partition coefficient (Wildman–Crippen LogP) is 1.76. The average molecular weight is 388 g/mol. The van der Waals surface area contributed by atoms with Crippen LogP contribution in [0.1, 0.15) is 5.56 Å². The molecule has 0 aromatic carbocycles. The molecule has 150 valence electrons. The van der Waals surface area contributed by atoms with Gasteiger partial charge < -0.3 is 14.9 Å². The first kappa shape index (κ1) is 20.9. The van der Waals surface area contributed by atoms with Crippen LogP contribution in [0.4, 0.5) is 18.0 Å². The smallest absolute Gasteiger partial charge is 0.475 e. The van der Waals surface area contributed by atoms with Crippen LogP contribution < -0.4 is 0 Å². The molecule has 0 saturated carbocycles. The number of fused-ring (bicyclic) bond motifs is 1. The quantitative estimate of drug-likeness (QED) is 0.836. The Morgan fingerprint density at radius 1 is 1.22 bits per heavy atom. The van der Waals surface area contributed by atoms with Crippen LogP contribution in [0.15, 0.2) is 24.5 Å². The summed E-state index contributed by atoms with van der Waals surface area (Å²) in [5, 5.41) is 7.12. The first-order valence-corrected chi connectivity index (χ1v) is 8.45. The van der Waals surface area contributed by atoms with Gasteiger partial charge in [-0.1, -0.05) is 6.07 Å². The van der Waals surface area contributed by atoms with Gasteiger partial charge in [-0.3, -0.25) is 9.88 Å². The number of pyridine rings is 1. The molecule has 7 nitrogen and oxygen atoms in total. The van der Waals surface area contributed by atoms with Gasteiger partial charge >= 0.3 is 18.2 Å². The monoisotopic (exact) mass is 388 g/mol. The molecule has 1 aromatic rings. The summed E-state index contributed by atoms with van der Waals surface area (Å²) in [5.41, 5.74) is 1.27. The average Bonchev–Trinajstić information content (AvgIpc) is 3.13. The zero-order chi connectivity index (χ0) is 20.2. The van der Waals surface area contributed by atoms with Gasteiger partial charge in [-0.25, -0.2) is 9.59 Å². The number of carboxylic acid groups (broad SMARTS) is 1. The number of nitrogens with zero attached hydrogens (tertiary/aromatic N) is 4. The Hall–Kier alpha value is -2.36. The van der Waals surface area contributed by atoms with Crippen molar-refractivity contribution in [2.24, 2.45) is 11.8 Å². The summed E-state index contributed by atoms with van der Waals surface area (Å²) in [6, 6.07) is 4.27. The standard InChI is InChI=1S/C15H22N4O.C2HF3O2/c1-17(2)15(20)19-10-13-8-18(9-14(13)11-19)7-12-4-3-5-16-6-12;3-2(4,5)1(6)7/h3-6,13-14H,7-11H2,1-2H3;(H,6,7)/t13-,14+;. The first-order chi connectivity index (χ1) is 12.6. The lowest BCUT2D eigenvalue weighted by Gasteiger charge is -2.24. The van der Waals surface area contributed by atoms with Crippen LogP contribution in [0, 0.1) is 11.8 Å². The van der Waals surface area contributed by atoms with E-state index in [-0.39, 0.29) is 6.03 Å². The van der Waals surface area contributed by atoms with E-state index in [1.165, 1.54) is 5.56 Å². The Kier molecular flexibility index (Phi) is 6.63. The minimum Gasteiger partial charge on any atom is -0.475 e. The van der Waals surface area contributed by atoms with Gasteiger partial charge in [0.2, 0.25) is 0 Å². The van der Waals surface area contributed by atoms with E-state index in [4.69, 9.17) is 9.90 Å². The van der Waals surface area contributed by atoms with Gasteiger partial charge in [-0.15, -0.1) is 0 Å². The fourth-order valence-corrected chi connectivity index (χ4v) is 3.41. The van der Waals surface area contributed by atoms with Crippen LogP contribution in [-0.4, -0.2) is 83.2 Å². The van der Waals surface area contributed by atoms with Crippen molar-refractivity contribution in [2.45, 2.75) is 12.7 Å². The molecule has 0 radical (unpaired) electrons. The van der Waals surface area contributed by atoms with Crippen LogP contribution in [0.25, 0.3) is 0 Å². The van der Waals surface area contributed by atoms with Crippen LogP contribution in [0.3, 0.4) is 0 Å². The molecule has 2 atom stereocenters. The molecule has 2 saturated heterocycles. The summed E-state index contributed by atoms with van der Waals surface area (Å²) in [4.78, 5) is 31.2. The third-order valence-corrected chi connectivity index (χ3v) is 4.59. The molecule has 0 unspecified atom stereocenters. The lowest BCUT2D eigenvalue weighted by atomic mass is 10.0. The van der Waals surface area contributed by atoms with E-state index in [1.54, 1.807) is 4.90 Å². The summed E-state index contributed by atoms with van der Waals surface area (Å²) in [5.74, 6) is -1.49. The van der Waals surface area contributed by atoms with Crippen molar-refractivity contribution in [1.29, 1.82) is 0 Å². The van der Waals surface area contributed by atoms with Gasteiger partial charge in [-0.2, -0.15) is 13.2 Å². The Morgan fingerprint density at radius 3 is 2.19 bits per heavy atom. The lowest BCUT2D eigenvalue weighted by Crippen LogP contribution is -2.39. The molecular formula is C17H23F3N4O3. The maximum Gasteiger partial charge on any atom is 0.490 e. The number of alkyl halides is 3. The summed E-state index contributed by atoms with van der Waals surface area (Å²) in [7, 11) is 3.65. The summed E-state index contributed by atoms with van der Waals surface area (Å²) < 4.78 is 31.7. The SMILES string of the molecule is CN(C)C(=O)N1C[C@H]2CN(Cc3cccnc3)C[C@H]2C1.O=C(O)C(F)(F)F.